The first-order valence-electron chi connectivity index (χ1n) is 6.33. The van der Waals surface area contributed by atoms with E-state index in [9.17, 15) is 14.7 Å². The van der Waals surface area contributed by atoms with Crippen LogP contribution in [0.15, 0.2) is 12.2 Å². The SMILES string of the molecule is CCC(O)CCN1C(=O)C2CC=CCC2C1=O. The summed E-state index contributed by atoms with van der Waals surface area (Å²) in [5, 5.41) is 9.49. The van der Waals surface area contributed by atoms with E-state index in [4.69, 9.17) is 0 Å². The van der Waals surface area contributed by atoms with Crippen LogP contribution >= 0.6 is 0 Å². The summed E-state index contributed by atoms with van der Waals surface area (Å²) in [5.74, 6) is -0.391. The van der Waals surface area contributed by atoms with Crippen LogP contribution < -0.4 is 0 Å². The number of hydrogen-bond acceptors (Lipinski definition) is 3. The maximum Gasteiger partial charge on any atom is 0.233 e. The number of allylic oxidation sites excluding steroid dienone is 2. The number of carbonyl (C=O) groups excluding carboxylic acids is 2. The van der Waals surface area contributed by atoms with Crippen molar-refractivity contribution in [3.63, 3.8) is 0 Å². The highest BCUT2D eigenvalue weighted by Crippen LogP contribution is 2.35. The summed E-state index contributed by atoms with van der Waals surface area (Å²) in [6, 6.07) is 0. The predicted molar refractivity (Wildman–Crippen MR) is 63.0 cm³/mol. The lowest BCUT2D eigenvalue weighted by atomic mass is 9.85. The summed E-state index contributed by atoms with van der Waals surface area (Å²) in [6.07, 6.45) is 6.06. The smallest absolute Gasteiger partial charge is 0.233 e. The lowest BCUT2D eigenvalue weighted by molar-refractivity contribution is -0.140. The molecule has 1 aliphatic carbocycles. The number of amides is 2. The molecule has 0 aromatic carbocycles. The molecule has 1 heterocycles. The van der Waals surface area contributed by atoms with Crippen LogP contribution in [-0.4, -0.2) is 34.5 Å². The van der Waals surface area contributed by atoms with Gasteiger partial charge < -0.3 is 5.11 Å². The number of fused-ring (bicyclic) bond motifs is 1. The number of aliphatic hydroxyl groups is 1. The third kappa shape index (κ3) is 2.27. The minimum absolute atomic E-state index is 0.0485. The van der Waals surface area contributed by atoms with Crippen LogP contribution in [0.3, 0.4) is 0 Å². The molecule has 4 heteroatoms. The fourth-order valence-electron chi connectivity index (χ4n) is 2.57. The predicted octanol–water partition coefficient (Wildman–Crippen LogP) is 1.10. The standard InChI is InChI=1S/C13H19NO3/c1-2-9(15)7-8-14-12(16)10-5-3-4-6-11(10)13(14)17/h3-4,9-11,15H,2,5-8H2,1H3. The van der Waals surface area contributed by atoms with Gasteiger partial charge in [0.2, 0.25) is 11.8 Å². The average molecular weight is 237 g/mol. The van der Waals surface area contributed by atoms with Crippen molar-refractivity contribution in [1.29, 1.82) is 0 Å². The highest BCUT2D eigenvalue weighted by molar-refractivity contribution is 6.05. The van der Waals surface area contributed by atoms with Crippen LogP contribution in [0.1, 0.15) is 32.6 Å². The second kappa shape index (κ2) is 5.00. The molecule has 2 aliphatic rings. The molecule has 1 fully saturated rings. The van der Waals surface area contributed by atoms with Gasteiger partial charge in [-0.3, -0.25) is 14.5 Å². The minimum Gasteiger partial charge on any atom is -0.393 e. The number of aliphatic hydroxyl groups excluding tert-OH is 1. The van der Waals surface area contributed by atoms with Crippen molar-refractivity contribution in [1.82, 2.24) is 4.90 Å². The molecule has 3 atom stereocenters. The Morgan fingerprint density at radius 3 is 2.29 bits per heavy atom. The van der Waals surface area contributed by atoms with Crippen molar-refractivity contribution in [3.8, 4) is 0 Å². The van der Waals surface area contributed by atoms with Gasteiger partial charge in [0.05, 0.1) is 17.9 Å². The van der Waals surface area contributed by atoms with Crippen molar-refractivity contribution < 1.29 is 14.7 Å². The van der Waals surface area contributed by atoms with Gasteiger partial charge in [-0.05, 0) is 25.7 Å². The summed E-state index contributed by atoms with van der Waals surface area (Å²) in [5.41, 5.74) is 0. The molecule has 17 heavy (non-hydrogen) atoms. The Labute approximate surface area is 101 Å². The molecule has 0 radical (unpaired) electrons. The zero-order valence-electron chi connectivity index (χ0n) is 10.1. The molecule has 1 N–H and O–H groups in total. The van der Waals surface area contributed by atoms with Crippen LogP contribution in [0.5, 0.6) is 0 Å². The van der Waals surface area contributed by atoms with E-state index < -0.39 is 6.10 Å². The first-order valence-corrected chi connectivity index (χ1v) is 6.33. The Balaban J connectivity index is 2.00. The maximum atomic E-state index is 12.0. The molecule has 2 rings (SSSR count). The van der Waals surface area contributed by atoms with Gasteiger partial charge in [-0.1, -0.05) is 19.1 Å². The Hall–Kier alpha value is -1.16. The summed E-state index contributed by atoms with van der Waals surface area (Å²) < 4.78 is 0. The molecule has 2 amide bonds. The monoisotopic (exact) mass is 237 g/mol. The Bertz CT molecular complexity index is 325. The molecule has 0 saturated carbocycles. The fraction of sp³-hybridized carbons (Fsp3) is 0.692. The number of rotatable bonds is 4. The molecular weight excluding hydrogens is 218 g/mol. The van der Waals surface area contributed by atoms with Crippen molar-refractivity contribution in [3.05, 3.63) is 12.2 Å². The lowest BCUT2D eigenvalue weighted by Gasteiger charge is -2.16. The van der Waals surface area contributed by atoms with Crippen LogP contribution in [0.25, 0.3) is 0 Å². The Morgan fingerprint density at radius 1 is 1.29 bits per heavy atom. The largest absolute Gasteiger partial charge is 0.393 e. The molecule has 3 unspecified atom stereocenters. The second-order valence-corrected chi connectivity index (χ2v) is 4.83. The second-order valence-electron chi connectivity index (χ2n) is 4.83. The molecule has 0 bridgehead atoms. The van der Waals surface area contributed by atoms with E-state index in [2.05, 4.69) is 0 Å². The summed E-state index contributed by atoms with van der Waals surface area (Å²) in [7, 11) is 0. The molecule has 0 aromatic heterocycles. The highest BCUT2D eigenvalue weighted by Gasteiger charge is 2.46. The Kier molecular flexibility index (Phi) is 3.62. The summed E-state index contributed by atoms with van der Waals surface area (Å²) in [4.78, 5) is 25.4. The molecule has 0 aromatic rings. The average Bonchev–Trinajstić information content (AvgIpc) is 2.60. The lowest BCUT2D eigenvalue weighted by Crippen LogP contribution is -2.33. The van der Waals surface area contributed by atoms with E-state index in [1.54, 1.807) is 0 Å². The van der Waals surface area contributed by atoms with Crippen LogP contribution in [-0.2, 0) is 9.59 Å². The molecule has 1 saturated heterocycles. The van der Waals surface area contributed by atoms with Gasteiger partial charge in [-0.2, -0.15) is 0 Å². The molecule has 4 nitrogen and oxygen atoms in total. The van der Waals surface area contributed by atoms with Gasteiger partial charge in [0, 0.05) is 6.54 Å². The van der Waals surface area contributed by atoms with Gasteiger partial charge in [-0.25, -0.2) is 0 Å². The minimum atomic E-state index is -0.420. The number of likely N-dealkylation sites (tertiary alicyclic amines) is 1. The van der Waals surface area contributed by atoms with Gasteiger partial charge >= 0.3 is 0 Å². The van der Waals surface area contributed by atoms with Crippen LogP contribution in [0.4, 0.5) is 0 Å². The van der Waals surface area contributed by atoms with E-state index in [1.165, 1.54) is 4.90 Å². The van der Waals surface area contributed by atoms with Crippen LogP contribution in [0, 0.1) is 11.8 Å². The first-order chi connectivity index (χ1) is 8.15. The third-order valence-corrected chi connectivity index (χ3v) is 3.76. The Morgan fingerprint density at radius 2 is 1.82 bits per heavy atom. The molecule has 94 valence electrons. The topological polar surface area (TPSA) is 57.6 Å². The van der Waals surface area contributed by atoms with Crippen molar-refractivity contribution in [2.24, 2.45) is 11.8 Å². The normalized spacial score (nSPS) is 29.6. The van der Waals surface area contributed by atoms with E-state index >= 15 is 0 Å². The quantitative estimate of drug-likeness (QED) is 0.588. The maximum absolute atomic E-state index is 12.0. The number of imide groups is 1. The zero-order chi connectivity index (χ0) is 12.4. The van der Waals surface area contributed by atoms with Crippen LogP contribution in [0.2, 0.25) is 0 Å². The fourth-order valence-corrected chi connectivity index (χ4v) is 2.57. The summed E-state index contributed by atoms with van der Waals surface area (Å²) in [6.45, 7) is 2.25. The number of nitrogens with zero attached hydrogens (tertiary/aromatic N) is 1. The van der Waals surface area contributed by atoms with Gasteiger partial charge in [0.15, 0.2) is 0 Å². The van der Waals surface area contributed by atoms with Crippen molar-refractivity contribution in [2.45, 2.75) is 38.7 Å². The molecule has 1 aliphatic heterocycles. The zero-order valence-corrected chi connectivity index (χ0v) is 10.1. The molecule has 0 spiro atoms. The van der Waals surface area contributed by atoms with E-state index in [1.807, 2.05) is 19.1 Å². The van der Waals surface area contributed by atoms with E-state index in [0.717, 1.165) is 0 Å². The van der Waals surface area contributed by atoms with Crippen molar-refractivity contribution in [2.75, 3.05) is 6.54 Å². The van der Waals surface area contributed by atoms with E-state index in [-0.39, 0.29) is 23.7 Å². The van der Waals surface area contributed by atoms with E-state index in [0.29, 0.717) is 32.2 Å². The summed E-state index contributed by atoms with van der Waals surface area (Å²) >= 11 is 0. The number of hydrogen-bond donors (Lipinski definition) is 1. The highest BCUT2D eigenvalue weighted by atomic mass is 16.3. The third-order valence-electron chi connectivity index (χ3n) is 3.76. The number of carbonyl (C=O) groups is 2. The van der Waals surface area contributed by atoms with Gasteiger partial charge in [0.25, 0.3) is 0 Å². The van der Waals surface area contributed by atoms with Gasteiger partial charge in [-0.15, -0.1) is 0 Å². The van der Waals surface area contributed by atoms with Crippen molar-refractivity contribution >= 4 is 11.8 Å². The van der Waals surface area contributed by atoms with Gasteiger partial charge in [0.1, 0.15) is 0 Å². The molecular formula is C13H19NO3. The first kappa shape index (κ1) is 12.3.